The SMILES string of the molecule is CCOC(=O)C1=NN(c2ccc(I)cc2)CC1=O. The van der Waals surface area contributed by atoms with E-state index in [0.717, 1.165) is 9.26 Å². The van der Waals surface area contributed by atoms with E-state index in [1.165, 1.54) is 5.01 Å². The summed E-state index contributed by atoms with van der Waals surface area (Å²) < 4.78 is 5.88. The van der Waals surface area contributed by atoms with Crippen LogP contribution in [0.3, 0.4) is 0 Å². The molecule has 0 fully saturated rings. The van der Waals surface area contributed by atoms with Gasteiger partial charge in [0.2, 0.25) is 11.5 Å². The quantitative estimate of drug-likeness (QED) is 0.609. The zero-order valence-electron chi connectivity index (χ0n) is 9.72. The van der Waals surface area contributed by atoms with Gasteiger partial charge in [-0.25, -0.2) is 4.79 Å². The minimum atomic E-state index is -0.657. The summed E-state index contributed by atoms with van der Waals surface area (Å²) in [6.07, 6.45) is 0. The molecule has 0 saturated carbocycles. The van der Waals surface area contributed by atoms with Crippen LogP contribution < -0.4 is 5.01 Å². The predicted molar refractivity (Wildman–Crippen MR) is 75.6 cm³/mol. The van der Waals surface area contributed by atoms with E-state index < -0.39 is 5.97 Å². The average molecular weight is 358 g/mol. The summed E-state index contributed by atoms with van der Waals surface area (Å²) in [6.45, 7) is 2.00. The van der Waals surface area contributed by atoms with Gasteiger partial charge in [0, 0.05) is 3.57 Å². The first-order chi connectivity index (χ1) is 8.61. The molecule has 0 bridgehead atoms. The molecular formula is C12H11IN2O3. The summed E-state index contributed by atoms with van der Waals surface area (Å²) in [4.78, 5) is 23.2. The lowest BCUT2D eigenvalue weighted by molar-refractivity contribution is -0.135. The van der Waals surface area contributed by atoms with Gasteiger partial charge >= 0.3 is 5.97 Å². The van der Waals surface area contributed by atoms with Crippen LogP contribution in [0.15, 0.2) is 29.4 Å². The zero-order chi connectivity index (χ0) is 13.1. The van der Waals surface area contributed by atoms with Crippen molar-refractivity contribution in [2.24, 2.45) is 5.10 Å². The second-order valence-corrected chi connectivity index (χ2v) is 4.87. The highest BCUT2D eigenvalue weighted by Gasteiger charge is 2.31. The first-order valence-electron chi connectivity index (χ1n) is 5.44. The van der Waals surface area contributed by atoms with Gasteiger partial charge in [0.05, 0.1) is 12.3 Å². The molecule has 18 heavy (non-hydrogen) atoms. The second kappa shape index (κ2) is 5.47. The van der Waals surface area contributed by atoms with E-state index in [9.17, 15) is 9.59 Å². The fraction of sp³-hybridized carbons (Fsp3) is 0.250. The van der Waals surface area contributed by atoms with Crippen molar-refractivity contribution in [3.05, 3.63) is 27.8 Å². The van der Waals surface area contributed by atoms with Crippen molar-refractivity contribution in [1.82, 2.24) is 0 Å². The minimum absolute atomic E-state index is 0.0781. The molecule has 1 aromatic carbocycles. The number of Topliss-reactive ketones (excluding diaryl/α,β-unsaturated/α-hetero) is 1. The van der Waals surface area contributed by atoms with Crippen LogP contribution >= 0.6 is 22.6 Å². The molecule has 0 aromatic heterocycles. The van der Waals surface area contributed by atoms with Gasteiger partial charge in [-0.15, -0.1) is 0 Å². The molecule has 1 aromatic rings. The zero-order valence-corrected chi connectivity index (χ0v) is 11.9. The number of carbonyl (C=O) groups excluding carboxylic acids is 2. The highest BCUT2D eigenvalue weighted by Crippen LogP contribution is 2.19. The number of esters is 1. The monoisotopic (exact) mass is 358 g/mol. The van der Waals surface area contributed by atoms with Crippen molar-refractivity contribution in [3.63, 3.8) is 0 Å². The lowest BCUT2D eigenvalue weighted by atomic mass is 10.2. The van der Waals surface area contributed by atoms with E-state index in [-0.39, 0.29) is 24.6 Å². The molecule has 1 aliphatic heterocycles. The van der Waals surface area contributed by atoms with E-state index in [1.807, 2.05) is 24.3 Å². The Morgan fingerprint density at radius 1 is 1.44 bits per heavy atom. The van der Waals surface area contributed by atoms with Crippen molar-refractivity contribution in [2.45, 2.75) is 6.92 Å². The molecule has 0 saturated heterocycles. The Morgan fingerprint density at radius 3 is 2.72 bits per heavy atom. The maximum Gasteiger partial charge on any atom is 0.362 e. The van der Waals surface area contributed by atoms with Crippen molar-refractivity contribution in [2.75, 3.05) is 18.2 Å². The smallest absolute Gasteiger partial charge is 0.362 e. The van der Waals surface area contributed by atoms with Gasteiger partial charge in [-0.1, -0.05) is 0 Å². The molecule has 94 valence electrons. The molecule has 0 atom stereocenters. The molecular weight excluding hydrogens is 347 g/mol. The molecule has 6 heteroatoms. The number of benzene rings is 1. The highest BCUT2D eigenvalue weighted by atomic mass is 127. The number of carbonyl (C=O) groups is 2. The molecule has 5 nitrogen and oxygen atoms in total. The Bertz CT molecular complexity index is 511. The van der Waals surface area contributed by atoms with Gasteiger partial charge in [-0.05, 0) is 53.8 Å². The minimum Gasteiger partial charge on any atom is -0.461 e. The second-order valence-electron chi connectivity index (χ2n) is 3.63. The Kier molecular flexibility index (Phi) is 3.95. The Labute approximate surface area is 118 Å². The summed E-state index contributed by atoms with van der Waals surface area (Å²) in [5.41, 5.74) is 0.651. The number of rotatable bonds is 3. The summed E-state index contributed by atoms with van der Waals surface area (Å²) in [5, 5.41) is 5.52. The van der Waals surface area contributed by atoms with E-state index in [4.69, 9.17) is 4.74 Å². The van der Waals surface area contributed by atoms with Gasteiger partial charge in [0.15, 0.2) is 0 Å². The van der Waals surface area contributed by atoms with Crippen molar-refractivity contribution in [1.29, 1.82) is 0 Å². The summed E-state index contributed by atoms with van der Waals surface area (Å²) in [6, 6.07) is 7.54. The fourth-order valence-electron chi connectivity index (χ4n) is 1.54. The van der Waals surface area contributed by atoms with Gasteiger partial charge in [-0.2, -0.15) is 5.10 Å². The van der Waals surface area contributed by atoms with Gasteiger partial charge in [0.1, 0.15) is 6.54 Å². The summed E-state index contributed by atoms with van der Waals surface area (Å²) in [7, 11) is 0. The number of ketones is 1. The normalized spacial score (nSPS) is 14.7. The maximum atomic E-state index is 11.7. The number of nitrogens with zero attached hydrogens (tertiary/aromatic N) is 2. The molecule has 0 amide bonds. The molecule has 0 radical (unpaired) electrons. The largest absolute Gasteiger partial charge is 0.461 e. The van der Waals surface area contributed by atoms with E-state index >= 15 is 0 Å². The Hall–Kier alpha value is -1.44. The van der Waals surface area contributed by atoms with Crippen LogP contribution in [-0.2, 0) is 14.3 Å². The van der Waals surface area contributed by atoms with Crippen LogP contribution in [0.25, 0.3) is 0 Å². The Morgan fingerprint density at radius 2 is 2.11 bits per heavy atom. The molecule has 2 rings (SSSR count). The molecule has 0 aliphatic carbocycles. The van der Waals surface area contributed by atoms with Crippen LogP contribution in [0.2, 0.25) is 0 Å². The van der Waals surface area contributed by atoms with Crippen molar-refractivity contribution < 1.29 is 14.3 Å². The predicted octanol–water partition coefficient (Wildman–Crippen LogP) is 1.60. The standard InChI is InChI=1S/C12H11IN2O3/c1-2-18-12(17)11-10(16)7-15(14-11)9-5-3-8(13)4-6-9/h3-6H,2,7H2,1H3. The third-order valence-corrected chi connectivity index (χ3v) is 3.09. The summed E-state index contributed by atoms with van der Waals surface area (Å²) in [5.74, 6) is -0.970. The highest BCUT2D eigenvalue weighted by molar-refractivity contribution is 14.1. The fourth-order valence-corrected chi connectivity index (χ4v) is 1.90. The maximum absolute atomic E-state index is 11.7. The Balaban J connectivity index is 2.20. The first-order valence-corrected chi connectivity index (χ1v) is 6.51. The van der Waals surface area contributed by atoms with Gasteiger partial charge in [-0.3, -0.25) is 9.80 Å². The number of hydrogen-bond acceptors (Lipinski definition) is 5. The first kappa shape index (κ1) is 13.0. The molecule has 0 unspecified atom stereocenters. The number of hydrogen-bond donors (Lipinski definition) is 0. The van der Waals surface area contributed by atoms with E-state index in [1.54, 1.807) is 6.92 Å². The third kappa shape index (κ3) is 2.69. The van der Waals surface area contributed by atoms with Gasteiger partial charge < -0.3 is 4.74 Å². The number of anilines is 1. The van der Waals surface area contributed by atoms with Crippen molar-refractivity contribution in [3.8, 4) is 0 Å². The van der Waals surface area contributed by atoms with Crippen LogP contribution in [0, 0.1) is 3.57 Å². The average Bonchev–Trinajstić information content (AvgIpc) is 2.72. The third-order valence-electron chi connectivity index (χ3n) is 2.37. The topological polar surface area (TPSA) is 59.0 Å². The van der Waals surface area contributed by atoms with Crippen molar-refractivity contribution >= 4 is 45.7 Å². The van der Waals surface area contributed by atoms with Crippen LogP contribution in [0.4, 0.5) is 5.69 Å². The molecule has 1 aliphatic rings. The molecule has 0 spiro atoms. The molecule has 1 heterocycles. The summed E-state index contributed by atoms with van der Waals surface area (Å²) >= 11 is 2.19. The lowest BCUT2D eigenvalue weighted by Gasteiger charge is -2.11. The van der Waals surface area contributed by atoms with Crippen LogP contribution in [-0.4, -0.2) is 30.6 Å². The number of ether oxygens (including phenoxy) is 1. The van der Waals surface area contributed by atoms with Crippen LogP contribution in [0.5, 0.6) is 0 Å². The van der Waals surface area contributed by atoms with Crippen LogP contribution in [0.1, 0.15) is 6.92 Å². The molecule has 0 N–H and O–H groups in total. The van der Waals surface area contributed by atoms with E-state index in [0.29, 0.717) is 0 Å². The lowest BCUT2D eigenvalue weighted by Crippen LogP contribution is -2.25. The van der Waals surface area contributed by atoms with E-state index in [2.05, 4.69) is 27.7 Å². The number of hydrazone groups is 1. The van der Waals surface area contributed by atoms with Gasteiger partial charge in [0.25, 0.3) is 0 Å². The number of halogens is 1.